The van der Waals surface area contributed by atoms with Crippen molar-refractivity contribution in [2.75, 3.05) is 18.4 Å². The van der Waals surface area contributed by atoms with Gasteiger partial charge in [-0.2, -0.15) is 10.2 Å². The zero-order chi connectivity index (χ0) is 24.3. The third kappa shape index (κ3) is 5.38. The Labute approximate surface area is 197 Å². The van der Waals surface area contributed by atoms with Crippen LogP contribution in [0.5, 0.6) is 0 Å². The van der Waals surface area contributed by atoms with E-state index in [0.29, 0.717) is 59.3 Å². The number of nitrogens with one attached hydrogen (secondary N) is 2. The maximum Gasteiger partial charge on any atom is 0.297 e. The summed E-state index contributed by atoms with van der Waals surface area (Å²) in [6, 6.07) is 11.1. The number of anilines is 1. The number of amides is 1. The first-order valence-electron chi connectivity index (χ1n) is 10.9. The van der Waals surface area contributed by atoms with Crippen LogP contribution in [0.4, 0.5) is 6.01 Å². The van der Waals surface area contributed by atoms with Crippen molar-refractivity contribution in [2.24, 2.45) is 5.41 Å². The van der Waals surface area contributed by atoms with Gasteiger partial charge in [0.05, 0.1) is 17.8 Å². The van der Waals surface area contributed by atoms with E-state index in [2.05, 4.69) is 57.8 Å². The third-order valence-corrected chi connectivity index (χ3v) is 4.93. The average molecular weight is 459 g/mol. The van der Waals surface area contributed by atoms with Crippen LogP contribution in [0.25, 0.3) is 22.5 Å². The quantitative estimate of drug-likeness (QED) is 0.402. The van der Waals surface area contributed by atoms with E-state index in [1.165, 1.54) is 0 Å². The molecule has 1 amide bonds. The Hall–Kier alpha value is -4.26. The number of fused-ring (bicyclic) bond motifs is 1. The number of hydrogen-bond donors (Lipinski definition) is 2. The number of nitrogens with zero attached hydrogens (tertiary/aromatic N) is 6. The number of pyridine rings is 1. The van der Waals surface area contributed by atoms with Crippen molar-refractivity contribution in [3.63, 3.8) is 0 Å². The number of nitriles is 1. The molecule has 2 N–H and O–H groups in total. The minimum Gasteiger partial charge on any atom is -0.422 e. The molecule has 0 spiro atoms. The molecule has 174 valence electrons. The highest BCUT2D eigenvalue weighted by molar-refractivity contribution is 5.95. The Bertz CT molecular complexity index is 1370. The number of aryl methyl sites for hydroxylation is 1. The molecule has 0 aliphatic rings. The van der Waals surface area contributed by atoms with Crippen molar-refractivity contribution in [3.8, 4) is 17.3 Å². The lowest BCUT2D eigenvalue weighted by atomic mass is 9.97. The van der Waals surface area contributed by atoms with Gasteiger partial charge in [0.25, 0.3) is 11.9 Å². The summed E-state index contributed by atoms with van der Waals surface area (Å²) in [5, 5.41) is 23.8. The number of rotatable bonds is 7. The first-order chi connectivity index (χ1) is 16.2. The van der Waals surface area contributed by atoms with Crippen molar-refractivity contribution in [2.45, 2.75) is 34.2 Å². The van der Waals surface area contributed by atoms with Crippen LogP contribution in [-0.4, -0.2) is 44.0 Å². The van der Waals surface area contributed by atoms with E-state index in [9.17, 15) is 10.1 Å². The molecule has 0 saturated heterocycles. The van der Waals surface area contributed by atoms with Crippen LogP contribution in [0.3, 0.4) is 0 Å². The summed E-state index contributed by atoms with van der Waals surface area (Å²) in [7, 11) is 0. The van der Waals surface area contributed by atoms with Crippen LogP contribution in [-0.2, 0) is 6.54 Å². The Morgan fingerprint density at radius 3 is 2.76 bits per heavy atom. The zero-order valence-corrected chi connectivity index (χ0v) is 19.6. The Kier molecular flexibility index (Phi) is 6.27. The summed E-state index contributed by atoms with van der Waals surface area (Å²) >= 11 is 0. The molecule has 3 heterocycles. The molecule has 0 aliphatic heterocycles. The Balaban J connectivity index is 1.36. The molecule has 0 bridgehead atoms. The van der Waals surface area contributed by atoms with E-state index in [1.807, 2.05) is 25.3 Å². The highest BCUT2D eigenvalue weighted by Gasteiger charge is 2.16. The molecule has 4 aromatic rings. The highest BCUT2D eigenvalue weighted by atomic mass is 16.4. The summed E-state index contributed by atoms with van der Waals surface area (Å²) in [6.07, 6.45) is 1.82. The second kappa shape index (κ2) is 9.31. The maximum atomic E-state index is 12.6. The fourth-order valence-corrected chi connectivity index (χ4v) is 3.42. The Morgan fingerprint density at radius 2 is 2.00 bits per heavy atom. The molecule has 34 heavy (non-hydrogen) atoms. The lowest BCUT2D eigenvalue weighted by Crippen LogP contribution is -2.28. The summed E-state index contributed by atoms with van der Waals surface area (Å²) < 4.78 is 7.34. The van der Waals surface area contributed by atoms with Crippen LogP contribution in [0.2, 0.25) is 0 Å². The predicted molar refractivity (Wildman–Crippen MR) is 127 cm³/mol. The highest BCUT2D eigenvalue weighted by Crippen LogP contribution is 2.24. The van der Waals surface area contributed by atoms with Crippen LogP contribution in [0, 0.1) is 23.7 Å². The number of benzene rings is 1. The second-order valence-electron chi connectivity index (χ2n) is 9.21. The third-order valence-electron chi connectivity index (χ3n) is 4.93. The van der Waals surface area contributed by atoms with E-state index in [0.717, 1.165) is 5.69 Å². The monoisotopic (exact) mass is 458 g/mol. The molecule has 0 fully saturated rings. The van der Waals surface area contributed by atoms with Gasteiger partial charge in [0.1, 0.15) is 5.69 Å². The molecule has 10 nitrogen and oxygen atoms in total. The first-order valence-corrected chi connectivity index (χ1v) is 10.9. The maximum absolute atomic E-state index is 12.6. The summed E-state index contributed by atoms with van der Waals surface area (Å²) in [5.74, 6) is -0.281. The molecular formula is C24H26N8O2. The van der Waals surface area contributed by atoms with Gasteiger partial charge in [-0.05, 0) is 36.6 Å². The molecule has 1 aromatic carbocycles. The fraction of sp³-hybridized carbons (Fsp3) is 0.333. The van der Waals surface area contributed by atoms with Crippen LogP contribution < -0.4 is 10.6 Å². The van der Waals surface area contributed by atoms with Gasteiger partial charge in [0.2, 0.25) is 5.65 Å². The number of carbonyl (C=O) groups is 1. The summed E-state index contributed by atoms with van der Waals surface area (Å²) in [5.41, 5.74) is 4.04. The van der Waals surface area contributed by atoms with E-state index in [1.54, 1.807) is 22.9 Å². The van der Waals surface area contributed by atoms with Gasteiger partial charge in [0, 0.05) is 36.5 Å². The zero-order valence-electron chi connectivity index (χ0n) is 19.6. The molecule has 4 rings (SSSR count). The van der Waals surface area contributed by atoms with Crippen LogP contribution in [0.15, 0.2) is 40.9 Å². The molecule has 0 saturated carbocycles. The number of hydrogen-bond acceptors (Lipinski definition) is 8. The van der Waals surface area contributed by atoms with Gasteiger partial charge in [0.15, 0.2) is 5.58 Å². The van der Waals surface area contributed by atoms with Crippen molar-refractivity contribution in [1.29, 1.82) is 5.26 Å². The average Bonchev–Trinajstić information content (AvgIpc) is 3.41. The molecule has 0 unspecified atom stereocenters. The lowest BCUT2D eigenvalue weighted by Gasteiger charge is -2.16. The number of oxazole rings is 1. The predicted octanol–water partition coefficient (Wildman–Crippen LogP) is 3.55. The van der Waals surface area contributed by atoms with Gasteiger partial charge in [-0.3, -0.25) is 9.48 Å². The van der Waals surface area contributed by atoms with Crippen molar-refractivity contribution >= 4 is 23.2 Å². The van der Waals surface area contributed by atoms with E-state index < -0.39 is 0 Å². The molecule has 0 aliphatic carbocycles. The number of aromatic nitrogens is 5. The van der Waals surface area contributed by atoms with Crippen LogP contribution >= 0.6 is 0 Å². The van der Waals surface area contributed by atoms with Crippen molar-refractivity contribution < 1.29 is 9.21 Å². The molecule has 0 atom stereocenters. The first kappa shape index (κ1) is 22.9. The minimum absolute atomic E-state index is 0.0518. The Morgan fingerprint density at radius 1 is 1.18 bits per heavy atom. The topological polar surface area (TPSA) is 135 Å². The van der Waals surface area contributed by atoms with Gasteiger partial charge in [-0.15, -0.1) is 5.10 Å². The van der Waals surface area contributed by atoms with Gasteiger partial charge in [-0.1, -0.05) is 32.1 Å². The smallest absolute Gasteiger partial charge is 0.297 e. The van der Waals surface area contributed by atoms with Crippen molar-refractivity contribution in [1.82, 2.24) is 30.3 Å². The largest absolute Gasteiger partial charge is 0.422 e. The molecule has 10 heteroatoms. The van der Waals surface area contributed by atoms with Crippen LogP contribution in [0.1, 0.15) is 42.4 Å². The van der Waals surface area contributed by atoms with E-state index >= 15 is 0 Å². The van der Waals surface area contributed by atoms with Crippen molar-refractivity contribution in [3.05, 3.63) is 53.3 Å². The summed E-state index contributed by atoms with van der Waals surface area (Å²) in [4.78, 5) is 21.2. The molecule has 0 radical (unpaired) electrons. The van der Waals surface area contributed by atoms with Gasteiger partial charge in [-0.25, -0.2) is 4.98 Å². The summed E-state index contributed by atoms with van der Waals surface area (Å²) in [6.45, 7) is 9.69. The standard InChI is InChI=1S/C24H26N8O2/c1-15-5-8-20-21(28-15)29-23(34-20)27-10-9-26-22(33)16-6-7-18(17(11-16)12-25)19-13-32(31-30-19)14-24(2,3)4/h5-8,11,13H,9-10,14H2,1-4H3,(H,26,33)(H,27,28,29). The fourth-order valence-electron chi connectivity index (χ4n) is 3.42. The SMILES string of the molecule is Cc1ccc2oc(NCCNC(=O)c3ccc(-c4cn(CC(C)(C)C)nn4)c(C#N)c3)nc2n1. The van der Waals surface area contributed by atoms with Gasteiger partial charge >= 0.3 is 0 Å². The van der Waals surface area contributed by atoms with E-state index in [-0.39, 0.29) is 11.3 Å². The van der Waals surface area contributed by atoms with E-state index in [4.69, 9.17) is 4.42 Å². The lowest BCUT2D eigenvalue weighted by molar-refractivity contribution is 0.0955. The normalized spacial score (nSPS) is 11.4. The molecule has 3 aromatic heterocycles. The number of carbonyl (C=O) groups excluding carboxylic acids is 1. The van der Waals surface area contributed by atoms with Gasteiger partial charge < -0.3 is 15.1 Å². The minimum atomic E-state index is -0.281. The molecular weight excluding hydrogens is 432 g/mol. The second-order valence-corrected chi connectivity index (χ2v) is 9.21.